The molecule has 0 heteroatoms. The first-order chi connectivity index (χ1) is 10.9. The first-order valence-corrected chi connectivity index (χ1v) is 10.2. The fourth-order valence-electron chi connectivity index (χ4n) is 7.65. The molecule has 4 rings (SSSR count). The number of allylic oxidation sites excluding steroid dienone is 3. The van der Waals surface area contributed by atoms with Crippen molar-refractivity contribution in [3.05, 3.63) is 23.8 Å². The summed E-state index contributed by atoms with van der Waals surface area (Å²) in [5.41, 5.74) is 4.39. The highest BCUT2D eigenvalue weighted by molar-refractivity contribution is 5.25. The molecule has 0 saturated heterocycles. The molecule has 0 aromatic rings. The van der Waals surface area contributed by atoms with Gasteiger partial charge >= 0.3 is 0 Å². The molecule has 0 radical (unpaired) electrons. The molecular weight excluding hydrogens is 276 g/mol. The van der Waals surface area contributed by atoms with Gasteiger partial charge in [0, 0.05) is 0 Å². The maximum absolute atomic E-state index is 4.35. The minimum Gasteiger partial charge on any atom is -0.0998 e. The maximum Gasteiger partial charge on any atom is -0.00851 e. The summed E-state index contributed by atoms with van der Waals surface area (Å²) in [5.74, 6) is 4.59. The van der Waals surface area contributed by atoms with Gasteiger partial charge in [-0.1, -0.05) is 44.6 Å². The average Bonchev–Trinajstić information content (AvgIpc) is 2.85. The first-order valence-electron chi connectivity index (χ1n) is 10.2. The fourth-order valence-corrected chi connectivity index (χ4v) is 7.65. The van der Waals surface area contributed by atoms with Gasteiger partial charge in [-0.25, -0.2) is 0 Å². The molecule has 3 fully saturated rings. The smallest absolute Gasteiger partial charge is 0.00851 e. The lowest BCUT2D eigenvalue weighted by Crippen LogP contribution is -2.50. The van der Waals surface area contributed by atoms with Gasteiger partial charge in [-0.05, 0) is 98.7 Å². The van der Waals surface area contributed by atoms with Crippen LogP contribution in [0.5, 0.6) is 0 Å². The van der Waals surface area contributed by atoms with Crippen LogP contribution in [0.3, 0.4) is 0 Å². The summed E-state index contributed by atoms with van der Waals surface area (Å²) < 4.78 is 0. The van der Waals surface area contributed by atoms with Crippen molar-refractivity contribution in [2.24, 2.45) is 40.4 Å². The Balaban J connectivity index is 1.66. The van der Waals surface area contributed by atoms with Crippen LogP contribution in [0.1, 0.15) is 79.1 Å². The van der Waals surface area contributed by atoms with Crippen molar-refractivity contribution >= 4 is 0 Å². The van der Waals surface area contributed by atoms with Crippen LogP contribution in [0.4, 0.5) is 0 Å². The van der Waals surface area contributed by atoms with Gasteiger partial charge in [-0.15, -0.1) is 0 Å². The standard InChI is InChI=1S/C23H36/c1-15(2)19-8-9-20-18-7-6-17-14-16(3)10-12-22(17,4)21(18)11-13-23(19,20)5/h6,16,18-21H,1,7-14H2,2-5H3. The van der Waals surface area contributed by atoms with E-state index >= 15 is 0 Å². The van der Waals surface area contributed by atoms with Crippen molar-refractivity contribution in [3.8, 4) is 0 Å². The van der Waals surface area contributed by atoms with Crippen molar-refractivity contribution in [1.82, 2.24) is 0 Å². The lowest BCUT2D eigenvalue weighted by Gasteiger charge is -2.58. The summed E-state index contributed by atoms with van der Waals surface area (Å²) >= 11 is 0. The molecule has 0 N–H and O–H groups in total. The molecule has 0 amide bonds. The zero-order valence-electron chi connectivity index (χ0n) is 15.8. The molecule has 4 aliphatic rings. The largest absolute Gasteiger partial charge is 0.0998 e. The molecule has 7 unspecified atom stereocenters. The van der Waals surface area contributed by atoms with E-state index in [9.17, 15) is 0 Å². The van der Waals surface area contributed by atoms with Crippen LogP contribution in [0, 0.1) is 40.4 Å². The van der Waals surface area contributed by atoms with Crippen LogP contribution < -0.4 is 0 Å². The number of hydrogen-bond acceptors (Lipinski definition) is 0. The first kappa shape index (κ1) is 16.0. The molecule has 0 heterocycles. The predicted octanol–water partition coefficient (Wildman–Crippen LogP) is 6.78. The van der Waals surface area contributed by atoms with E-state index in [-0.39, 0.29) is 0 Å². The molecule has 7 atom stereocenters. The van der Waals surface area contributed by atoms with Gasteiger partial charge in [0.05, 0.1) is 0 Å². The lowest BCUT2D eigenvalue weighted by molar-refractivity contribution is -0.0388. The molecule has 0 nitrogen and oxygen atoms in total. The Labute approximate surface area is 143 Å². The van der Waals surface area contributed by atoms with E-state index < -0.39 is 0 Å². The van der Waals surface area contributed by atoms with Gasteiger partial charge in [0.1, 0.15) is 0 Å². The quantitative estimate of drug-likeness (QED) is 0.468. The second-order valence-electron chi connectivity index (χ2n) is 10.1. The number of hydrogen-bond donors (Lipinski definition) is 0. The van der Waals surface area contributed by atoms with Crippen LogP contribution in [-0.4, -0.2) is 0 Å². The van der Waals surface area contributed by atoms with Crippen molar-refractivity contribution in [2.75, 3.05) is 0 Å². The lowest BCUT2D eigenvalue weighted by atomic mass is 9.47. The Morgan fingerprint density at radius 3 is 2.61 bits per heavy atom. The van der Waals surface area contributed by atoms with Crippen LogP contribution >= 0.6 is 0 Å². The van der Waals surface area contributed by atoms with Crippen LogP contribution in [0.15, 0.2) is 23.8 Å². The summed E-state index contributed by atoms with van der Waals surface area (Å²) in [6.45, 7) is 14.3. The Morgan fingerprint density at radius 2 is 1.87 bits per heavy atom. The monoisotopic (exact) mass is 312 g/mol. The van der Waals surface area contributed by atoms with Gasteiger partial charge in [0.2, 0.25) is 0 Å². The zero-order valence-corrected chi connectivity index (χ0v) is 15.8. The van der Waals surface area contributed by atoms with Gasteiger partial charge in [0.25, 0.3) is 0 Å². The van der Waals surface area contributed by atoms with E-state index in [1.807, 2.05) is 5.57 Å². The highest BCUT2D eigenvalue weighted by atomic mass is 14.6. The third-order valence-electron chi connectivity index (χ3n) is 8.95. The summed E-state index contributed by atoms with van der Waals surface area (Å²) in [7, 11) is 0. The van der Waals surface area contributed by atoms with E-state index in [2.05, 4.69) is 40.3 Å². The molecular formula is C23H36. The van der Waals surface area contributed by atoms with Gasteiger partial charge in [-0.2, -0.15) is 0 Å². The highest BCUT2D eigenvalue weighted by Gasteiger charge is 2.58. The molecule has 128 valence electrons. The van der Waals surface area contributed by atoms with Crippen molar-refractivity contribution in [2.45, 2.75) is 79.1 Å². The van der Waals surface area contributed by atoms with E-state index in [4.69, 9.17) is 0 Å². The normalized spacial score (nSPS) is 52.2. The molecule has 0 aromatic carbocycles. The zero-order chi connectivity index (χ0) is 16.4. The fraction of sp³-hybridized carbons (Fsp3) is 0.826. The van der Waals surface area contributed by atoms with Crippen molar-refractivity contribution in [1.29, 1.82) is 0 Å². The topological polar surface area (TPSA) is 0 Å². The van der Waals surface area contributed by atoms with E-state index in [1.165, 1.54) is 56.9 Å². The second kappa shape index (κ2) is 5.24. The second-order valence-corrected chi connectivity index (χ2v) is 10.1. The summed E-state index contributed by atoms with van der Waals surface area (Å²) in [6.07, 6.45) is 14.2. The minimum atomic E-state index is 0.540. The summed E-state index contributed by atoms with van der Waals surface area (Å²) in [4.78, 5) is 0. The van der Waals surface area contributed by atoms with E-state index in [1.54, 1.807) is 0 Å². The van der Waals surface area contributed by atoms with E-state index in [0.717, 1.165) is 29.6 Å². The van der Waals surface area contributed by atoms with Gasteiger partial charge in [-0.3, -0.25) is 0 Å². The van der Waals surface area contributed by atoms with Crippen LogP contribution in [0.2, 0.25) is 0 Å². The molecule has 0 spiro atoms. The number of rotatable bonds is 1. The number of fused-ring (bicyclic) bond motifs is 5. The SMILES string of the molecule is C=C(C)C1CCC2C3CC=C4CC(C)CCC4(C)C3CCC12C. The van der Waals surface area contributed by atoms with Gasteiger partial charge in [0.15, 0.2) is 0 Å². The minimum absolute atomic E-state index is 0.540. The summed E-state index contributed by atoms with van der Waals surface area (Å²) in [5, 5.41) is 0. The van der Waals surface area contributed by atoms with Crippen LogP contribution in [-0.2, 0) is 0 Å². The van der Waals surface area contributed by atoms with E-state index in [0.29, 0.717) is 10.8 Å². The predicted molar refractivity (Wildman–Crippen MR) is 99.2 cm³/mol. The average molecular weight is 313 g/mol. The highest BCUT2D eigenvalue weighted by Crippen LogP contribution is 2.67. The molecule has 0 aliphatic heterocycles. The Bertz CT molecular complexity index is 540. The Kier molecular flexibility index (Phi) is 3.64. The maximum atomic E-state index is 4.35. The van der Waals surface area contributed by atoms with Crippen LogP contribution in [0.25, 0.3) is 0 Å². The summed E-state index contributed by atoms with van der Waals surface area (Å²) in [6, 6.07) is 0. The molecule has 0 bridgehead atoms. The van der Waals surface area contributed by atoms with Crippen molar-refractivity contribution < 1.29 is 0 Å². The molecule has 3 saturated carbocycles. The molecule has 0 aromatic heterocycles. The molecule has 23 heavy (non-hydrogen) atoms. The molecule has 4 aliphatic carbocycles. The third kappa shape index (κ3) is 2.16. The third-order valence-corrected chi connectivity index (χ3v) is 8.95. The Hall–Kier alpha value is -0.520. The Morgan fingerprint density at radius 1 is 1.09 bits per heavy atom. The van der Waals surface area contributed by atoms with Crippen molar-refractivity contribution in [3.63, 3.8) is 0 Å². The van der Waals surface area contributed by atoms with Gasteiger partial charge < -0.3 is 0 Å².